The monoisotopic (exact) mass is 494 g/mol. The van der Waals surface area contributed by atoms with E-state index in [1.807, 2.05) is 43.3 Å². The Morgan fingerprint density at radius 3 is 2.63 bits per heavy atom. The second-order valence-corrected chi connectivity index (χ2v) is 9.94. The van der Waals surface area contributed by atoms with Gasteiger partial charge in [-0.05, 0) is 60.9 Å². The zero-order valence-corrected chi connectivity index (χ0v) is 20.1. The number of hydrogen-bond donors (Lipinski definition) is 1. The summed E-state index contributed by atoms with van der Waals surface area (Å²) in [6, 6.07) is 20.5. The second kappa shape index (κ2) is 10.6. The summed E-state index contributed by atoms with van der Waals surface area (Å²) in [5.74, 6) is -0.559. The lowest BCUT2D eigenvalue weighted by molar-refractivity contribution is -0.124. The van der Waals surface area contributed by atoms with Crippen molar-refractivity contribution >= 4 is 27.6 Å². The second-order valence-electron chi connectivity index (χ2n) is 8.07. The summed E-state index contributed by atoms with van der Waals surface area (Å²) in [5.41, 5.74) is 2.72. The molecule has 0 spiro atoms. The molecule has 1 amide bonds. The summed E-state index contributed by atoms with van der Waals surface area (Å²) in [7, 11) is -3.85. The Morgan fingerprint density at radius 1 is 1.00 bits per heavy atom. The van der Waals surface area contributed by atoms with E-state index in [0.29, 0.717) is 24.4 Å². The number of amides is 1. The number of anilines is 1. The topological polar surface area (TPSA) is 102 Å². The van der Waals surface area contributed by atoms with Crippen molar-refractivity contribution in [2.24, 2.45) is 0 Å². The van der Waals surface area contributed by atoms with Crippen LogP contribution in [0.15, 0.2) is 77.7 Å². The van der Waals surface area contributed by atoms with E-state index in [-0.39, 0.29) is 23.6 Å². The molecule has 1 N–H and O–H groups in total. The molecule has 0 saturated heterocycles. The largest absolute Gasteiger partial charge is 0.492 e. The maximum atomic E-state index is 13.2. The van der Waals surface area contributed by atoms with Gasteiger partial charge in [0.1, 0.15) is 12.4 Å². The molecule has 9 heteroatoms. The van der Waals surface area contributed by atoms with Gasteiger partial charge >= 0.3 is 5.97 Å². The molecule has 1 heterocycles. The van der Waals surface area contributed by atoms with Gasteiger partial charge in [0, 0.05) is 6.54 Å². The molecule has 35 heavy (non-hydrogen) atoms. The minimum absolute atomic E-state index is 0.0126. The Hall–Kier alpha value is -3.85. The van der Waals surface area contributed by atoms with E-state index >= 15 is 0 Å². The number of ether oxygens (including phenoxy) is 2. The molecular weight excluding hydrogens is 468 g/mol. The Bertz CT molecular complexity index is 1340. The van der Waals surface area contributed by atoms with Gasteiger partial charge in [0.25, 0.3) is 15.9 Å². The van der Waals surface area contributed by atoms with E-state index in [1.165, 1.54) is 28.6 Å². The lowest BCUT2D eigenvalue weighted by Gasteiger charge is -2.19. The molecule has 3 aromatic rings. The van der Waals surface area contributed by atoms with Crippen molar-refractivity contribution in [3.63, 3.8) is 0 Å². The first-order chi connectivity index (χ1) is 16.8. The molecule has 0 radical (unpaired) electrons. The number of rotatable bonds is 9. The number of aryl methyl sites for hydroxylation is 1. The predicted molar refractivity (Wildman–Crippen MR) is 131 cm³/mol. The van der Waals surface area contributed by atoms with E-state index in [4.69, 9.17) is 9.47 Å². The van der Waals surface area contributed by atoms with Crippen molar-refractivity contribution in [2.45, 2.75) is 18.2 Å². The van der Waals surface area contributed by atoms with Crippen LogP contribution in [0.4, 0.5) is 5.69 Å². The van der Waals surface area contributed by atoms with Crippen LogP contribution in [0.25, 0.3) is 0 Å². The predicted octanol–water partition coefficient (Wildman–Crippen LogP) is 3.10. The zero-order valence-electron chi connectivity index (χ0n) is 19.3. The van der Waals surface area contributed by atoms with Gasteiger partial charge in [0.05, 0.1) is 22.7 Å². The Labute approximate surface area is 204 Å². The Balaban J connectivity index is 1.30. The van der Waals surface area contributed by atoms with E-state index in [9.17, 15) is 18.0 Å². The van der Waals surface area contributed by atoms with Crippen molar-refractivity contribution in [3.8, 4) is 5.75 Å². The maximum Gasteiger partial charge on any atom is 0.338 e. The third-order valence-electron chi connectivity index (χ3n) is 5.52. The molecule has 0 fully saturated rings. The van der Waals surface area contributed by atoms with Crippen LogP contribution in [0.5, 0.6) is 5.75 Å². The average molecular weight is 495 g/mol. The van der Waals surface area contributed by atoms with Gasteiger partial charge in [-0.3, -0.25) is 9.10 Å². The SMILES string of the molecule is Cc1cccc(OCCNC(=O)COC(=O)c2cccc(S(=O)(=O)N3CCc4ccccc43)c2)c1. The van der Waals surface area contributed by atoms with Gasteiger partial charge in [-0.25, -0.2) is 13.2 Å². The van der Waals surface area contributed by atoms with Gasteiger partial charge < -0.3 is 14.8 Å². The highest BCUT2D eigenvalue weighted by Crippen LogP contribution is 2.32. The van der Waals surface area contributed by atoms with Crippen LogP contribution in [0, 0.1) is 6.92 Å². The first-order valence-electron chi connectivity index (χ1n) is 11.2. The van der Waals surface area contributed by atoms with Gasteiger partial charge in [-0.1, -0.05) is 36.4 Å². The number of carbonyl (C=O) groups excluding carboxylic acids is 2. The number of nitrogens with zero attached hydrogens (tertiary/aromatic N) is 1. The molecule has 4 rings (SSSR count). The fraction of sp³-hybridized carbons (Fsp3) is 0.231. The number of benzene rings is 3. The lowest BCUT2D eigenvalue weighted by atomic mass is 10.2. The molecule has 0 bridgehead atoms. The number of para-hydroxylation sites is 1. The third-order valence-corrected chi connectivity index (χ3v) is 7.33. The highest BCUT2D eigenvalue weighted by molar-refractivity contribution is 7.92. The van der Waals surface area contributed by atoms with E-state index < -0.39 is 28.5 Å². The first-order valence-corrected chi connectivity index (χ1v) is 12.6. The van der Waals surface area contributed by atoms with Crippen molar-refractivity contribution in [1.29, 1.82) is 0 Å². The summed E-state index contributed by atoms with van der Waals surface area (Å²) >= 11 is 0. The van der Waals surface area contributed by atoms with Gasteiger partial charge in [-0.2, -0.15) is 0 Å². The van der Waals surface area contributed by atoms with Crippen LogP contribution in [0.1, 0.15) is 21.5 Å². The Kier molecular flexibility index (Phi) is 7.36. The molecule has 8 nitrogen and oxygen atoms in total. The maximum absolute atomic E-state index is 13.2. The van der Waals surface area contributed by atoms with Crippen molar-refractivity contribution in [3.05, 3.63) is 89.5 Å². The summed E-state index contributed by atoms with van der Waals surface area (Å²) in [6.07, 6.45) is 0.627. The highest BCUT2D eigenvalue weighted by Gasteiger charge is 2.31. The van der Waals surface area contributed by atoms with Crippen LogP contribution < -0.4 is 14.4 Å². The van der Waals surface area contributed by atoms with Crippen LogP contribution >= 0.6 is 0 Å². The van der Waals surface area contributed by atoms with Gasteiger partial charge in [0.2, 0.25) is 0 Å². The van der Waals surface area contributed by atoms with E-state index in [0.717, 1.165) is 11.1 Å². The molecule has 0 saturated carbocycles. The number of fused-ring (bicyclic) bond motifs is 1. The number of sulfonamides is 1. The van der Waals surface area contributed by atoms with Crippen molar-refractivity contribution in [1.82, 2.24) is 5.32 Å². The molecular formula is C26H26N2O6S. The first kappa shape index (κ1) is 24.3. The molecule has 0 aliphatic carbocycles. The number of carbonyl (C=O) groups is 2. The molecule has 0 aromatic heterocycles. The van der Waals surface area contributed by atoms with Crippen LogP contribution in [-0.2, 0) is 26.0 Å². The summed E-state index contributed by atoms with van der Waals surface area (Å²) in [6.45, 7) is 2.32. The number of nitrogens with one attached hydrogen (secondary N) is 1. The minimum Gasteiger partial charge on any atom is -0.492 e. The molecule has 0 atom stereocenters. The average Bonchev–Trinajstić information content (AvgIpc) is 3.30. The summed E-state index contributed by atoms with van der Waals surface area (Å²) in [4.78, 5) is 24.5. The van der Waals surface area contributed by atoms with Crippen LogP contribution in [-0.4, -0.2) is 46.6 Å². The van der Waals surface area contributed by atoms with Gasteiger partial charge in [-0.15, -0.1) is 0 Å². The smallest absolute Gasteiger partial charge is 0.338 e. The van der Waals surface area contributed by atoms with Gasteiger partial charge in [0.15, 0.2) is 6.61 Å². The lowest BCUT2D eigenvalue weighted by Crippen LogP contribution is -2.32. The molecule has 0 unspecified atom stereocenters. The Morgan fingerprint density at radius 2 is 1.80 bits per heavy atom. The standard InChI is InChI=1S/C26H26N2O6S/c1-19-6-4-9-22(16-19)33-15-13-27-25(29)18-34-26(30)21-8-5-10-23(17-21)35(31,32)28-14-12-20-7-2-3-11-24(20)28/h2-11,16-17H,12-15,18H2,1H3,(H,27,29). The fourth-order valence-corrected chi connectivity index (χ4v) is 5.35. The molecule has 1 aliphatic rings. The summed E-state index contributed by atoms with van der Waals surface area (Å²) < 4.78 is 38.4. The van der Waals surface area contributed by atoms with Crippen molar-refractivity contribution in [2.75, 3.05) is 30.6 Å². The number of hydrogen-bond acceptors (Lipinski definition) is 6. The van der Waals surface area contributed by atoms with Crippen LogP contribution in [0.3, 0.4) is 0 Å². The molecule has 3 aromatic carbocycles. The number of esters is 1. The highest BCUT2D eigenvalue weighted by atomic mass is 32.2. The molecule has 1 aliphatic heterocycles. The minimum atomic E-state index is -3.85. The van der Waals surface area contributed by atoms with Crippen molar-refractivity contribution < 1.29 is 27.5 Å². The zero-order chi connectivity index (χ0) is 24.8. The van der Waals surface area contributed by atoms with E-state index in [1.54, 1.807) is 12.1 Å². The normalized spacial score (nSPS) is 12.7. The van der Waals surface area contributed by atoms with Crippen LogP contribution in [0.2, 0.25) is 0 Å². The fourth-order valence-electron chi connectivity index (χ4n) is 3.80. The third kappa shape index (κ3) is 5.81. The molecule has 182 valence electrons. The summed E-state index contributed by atoms with van der Waals surface area (Å²) in [5, 5.41) is 2.61. The van der Waals surface area contributed by atoms with E-state index in [2.05, 4.69) is 5.32 Å². The quantitative estimate of drug-likeness (QED) is 0.362.